The average Bonchev–Trinajstić information content (AvgIpc) is 2.94. The molecule has 0 bridgehead atoms. The zero-order chi connectivity index (χ0) is 13.4. The summed E-state index contributed by atoms with van der Waals surface area (Å²) in [6.07, 6.45) is 0. The number of rotatable bonds is 3. The maximum atomic E-state index is 13.4. The van der Waals surface area contributed by atoms with E-state index in [4.69, 9.17) is 11.6 Å². The zero-order valence-corrected chi connectivity index (χ0v) is 11.8. The average molecular weight is 296 g/mol. The summed E-state index contributed by atoms with van der Waals surface area (Å²) in [5.74, 6) is 0.747. The third kappa shape index (κ3) is 2.35. The Morgan fingerprint density at radius 1 is 1.37 bits per heavy atom. The molecule has 0 N–H and O–H groups in total. The number of thiazole rings is 1. The van der Waals surface area contributed by atoms with E-state index < -0.39 is 0 Å². The van der Waals surface area contributed by atoms with Crippen LogP contribution in [0.5, 0.6) is 0 Å². The molecule has 1 aromatic carbocycles. The van der Waals surface area contributed by atoms with Gasteiger partial charge in [0.2, 0.25) is 0 Å². The monoisotopic (exact) mass is 295 g/mol. The number of hydrogen-bond donors (Lipinski definition) is 0. The zero-order valence-electron chi connectivity index (χ0n) is 10.2. The summed E-state index contributed by atoms with van der Waals surface area (Å²) in [6, 6.07) is 4.56. The summed E-state index contributed by atoms with van der Waals surface area (Å²) in [5, 5.41) is 3.01. The van der Waals surface area contributed by atoms with Crippen molar-refractivity contribution < 1.29 is 4.39 Å². The first kappa shape index (κ1) is 12.6. The third-order valence-electron chi connectivity index (χ3n) is 2.90. The lowest BCUT2D eigenvalue weighted by atomic mass is 10.3. The molecular formula is C13H11ClFN3S. The Kier molecular flexibility index (Phi) is 3.24. The van der Waals surface area contributed by atoms with Crippen molar-refractivity contribution in [2.75, 3.05) is 0 Å². The summed E-state index contributed by atoms with van der Waals surface area (Å²) >= 11 is 7.52. The minimum Gasteiger partial charge on any atom is -0.321 e. The van der Waals surface area contributed by atoms with Crippen LogP contribution in [0.25, 0.3) is 11.0 Å². The Labute approximate surface area is 118 Å². The summed E-state index contributed by atoms with van der Waals surface area (Å²) in [6.45, 7) is 2.52. The molecule has 3 nitrogen and oxygen atoms in total. The van der Waals surface area contributed by atoms with Gasteiger partial charge in [-0.2, -0.15) is 0 Å². The van der Waals surface area contributed by atoms with Crippen LogP contribution in [0.4, 0.5) is 4.39 Å². The largest absolute Gasteiger partial charge is 0.321 e. The molecule has 0 saturated carbocycles. The number of hydrogen-bond acceptors (Lipinski definition) is 3. The van der Waals surface area contributed by atoms with Gasteiger partial charge in [0.1, 0.15) is 11.6 Å². The smallest absolute Gasteiger partial charge is 0.125 e. The van der Waals surface area contributed by atoms with Crippen LogP contribution in [-0.4, -0.2) is 14.5 Å². The summed E-state index contributed by atoms with van der Waals surface area (Å²) in [7, 11) is 0. The first-order valence-electron chi connectivity index (χ1n) is 5.79. The highest BCUT2D eigenvalue weighted by Crippen LogP contribution is 2.21. The molecular weight excluding hydrogens is 285 g/mol. The SMILES string of the molecule is Cc1nc(Cn2c(CCl)nc3ccc(F)cc32)cs1. The van der Waals surface area contributed by atoms with Crippen molar-refractivity contribution in [3.05, 3.63) is 45.9 Å². The first-order valence-corrected chi connectivity index (χ1v) is 7.20. The van der Waals surface area contributed by atoms with Crippen LogP contribution in [-0.2, 0) is 12.4 Å². The minimum atomic E-state index is -0.274. The standard InChI is InChI=1S/C13H11ClFN3S/c1-8-16-10(7-19-8)6-18-12-4-9(15)2-3-11(12)17-13(18)5-14/h2-4,7H,5-6H2,1H3. The Balaban J connectivity index is 2.12. The van der Waals surface area contributed by atoms with E-state index in [1.54, 1.807) is 17.4 Å². The van der Waals surface area contributed by atoms with E-state index in [2.05, 4.69) is 9.97 Å². The van der Waals surface area contributed by atoms with Gasteiger partial charge in [-0.3, -0.25) is 0 Å². The fraction of sp³-hybridized carbons (Fsp3) is 0.231. The number of aromatic nitrogens is 3. The van der Waals surface area contributed by atoms with Crippen molar-refractivity contribution in [3.63, 3.8) is 0 Å². The van der Waals surface area contributed by atoms with Gasteiger partial charge in [-0.1, -0.05) is 0 Å². The van der Waals surface area contributed by atoms with Crippen LogP contribution in [0.15, 0.2) is 23.6 Å². The molecule has 0 spiro atoms. The first-order chi connectivity index (χ1) is 9.17. The predicted octanol–water partition coefficient (Wildman–Crippen LogP) is 3.73. The van der Waals surface area contributed by atoms with E-state index >= 15 is 0 Å². The van der Waals surface area contributed by atoms with Crippen LogP contribution in [0.3, 0.4) is 0 Å². The van der Waals surface area contributed by atoms with Crippen LogP contribution < -0.4 is 0 Å². The third-order valence-corrected chi connectivity index (χ3v) is 3.96. The van der Waals surface area contributed by atoms with Crippen LogP contribution >= 0.6 is 22.9 Å². The molecule has 0 aliphatic rings. The second-order valence-corrected chi connectivity index (χ2v) is 5.57. The van der Waals surface area contributed by atoms with Gasteiger partial charge in [0, 0.05) is 5.38 Å². The number of imidazole rings is 1. The van der Waals surface area contributed by atoms with Gasteiger partial charge < -0.3 is 4.57 Å². The number of alkyl halides is 1. The van der Waals surface area contributed by atoms with Crippen molar-refractivity contribution in [1.29, 1.82) is 0 Å². The molecule has 0 saturated heterocycles. The molecule has 3 aromatic rings. The second kappa shape index (κ2) is 4.90. The maximum absolute atomic E-state index is 13.4. The molecule has 98 valence electrons. The Hall–Kier alpha value is -1.46. The molecule has 0 fully saturated rings. The molecule has 6 heteroatoms. The van der Waals surface area contributed by atoms with Gasteiger partial charge in [-0.25, -0.2) is 14.4 Å². The Morgan fingerprint density at radius 3 is 2.89 bits per heavy atom. The van der Waals surface area contributed by atoms with Crippen LogP contribution in [0.1, 0.15) is 16.5 Å². The predicted molar refractivity (Wildman–Crippen MR) is 75.2 cm³/mol. The van der Waals surface area contributed by atoms with E-state index in [0.29, 0.717) is 12.4 Å². The molecule has 0 aliphatic heterocycles. The van der Waals surface area contributed by atoms with Crippen molar-refractivity contribution >= 4 is 34.0 Å². The number of fused-ring (bicyclic) bond motifs is 1. The van der Waals surface area contributed by atoms with Gasteiger partial charge in [0.05, 0.1) is 34.2 Å². The van der Waals surface area contributed by atoms with E-state index in [0.717, 1.165) is 27.6 Å². The molecule has 2 heterocycles. The number of benzene rings is 1. The van der Waals surface area contributed by atoms with E-state index in [9.17, 15) is 4.39 Å². The number of halogens is 2. The lowest BCUT2D eigenvalue weighted by Gasteiger charge is -2.05. The van der Waals surface area contributed by atoms with Crippen molar-refractivity contribution in [2.45, 2.75) is 19.3 Å². The van der Waals surface area contributed by atoms with E-state index in [1.165, 1.54) is 12.1 Å². The van der Waals surface area contributed by atoms with Gasteiger partial charge in [-0.05, 0) is 25.1 Å². The molecule has 0 unspecified atom stereocenters. The molecule has 2 aromatic heterocycles. The Morgan fingerprint density at radius 2 is 2.21 bits per heavy atom. The van der Waals surface area contributed by atoms with E-state index in [-0.39, 0.29) is 5.82 Å². The Bertz CT molecular complexity index is 735. The second-order valence-electron chi connectivity index (χ2n) is 4.24. The highest BCUT2D eigenvalue weighted by molar-refractivity contribution is 7.09. The fourth-order valence-electron chi connectivity index (χ4n) is 2.07. The lowest BCUT2D eigenvalue weighted by Crippen LogP contribution is -2.04. The summed E-state index contributed by atoms with van der Waals surface area (Å²) < 4.78 is 15.3. The molecule has 19 heavy (non-hydrogen) atoms. The molecule has 3 rings (SSSR count). The minimum absolute atomic E-state index is 0.274. The molecule has 0 radical (unpaired) electrons. The highest BCUT2D eigenvalue weighted by atomic mass is 35.5. The van der Waals surface area contributed by atoms with Gasteiger partial charge >= 0.3 is 0 Å². The van der Waals surface area contributed by atoms with Gasteiger partial charge in [0.25, 0.3) is 0 Å². The normalized spacial score (nSPS) is 11.3. The van der Waals surface area contributed by atoms with Crippen LogP contribution in [0, 0.1) is 12.7 Å². The molecule has 0 amide bonds. The lowest BCUT2D eigenvalue weighted by molar-refractivity contribution is 0.628. The van der Waals surface area contributed by atoms with Gasteiger partial charge in [0.15, 0.2) is 0 Å². The molecule has 0 atom stereocenters. The van der Waals surface area contributed by atoms with Crippen molar-refractivity contribution in [1.82, 2.24) is 14.5 Å². The maximum Gasteiger partial charge on any atom is 0.125 e. The van der Waals surface area contributed by atoms with Crippen molar-refractivity contribution in [2.24, 2.45) is 0 Å². The molecule has 0 aliphatic carbocycles. The van der Waals surface area contributed by atoms with Crippen molar-refractivity contribution in [3.8, 4) is 0 Å². The topological polar surface area (TPSA) is 30.7 Å². The number of nitrogens with zero attached hydrogens (tertiary/aromatic N) is 3. The summed E-state index contributed by atoms with van der Waals surface area (Å²) in [4.78, 5) is 8.84. The van der Waals surface area contributed by atoms with E-state index in [1.807, 2.05) is 16.9 Å². The number of aryl methyl sites for hydroxylation is 1. The summed E-state index contributed by atoms with van der Waals surface area (Å²) in [5.41, 5.74) is 2.45. The highest BCUT2D eigenvalue weighted by Gasteiger charge is 2.12. The fourth-order valence-corrected chi connectivity index (χ4v) is 2.87. The quantitative estimate of drug-likeness (QED) is 0.689. The van der Waals surface area contributed by atoms with Gasteiger partial charge in [-0.15, -0.1) is 22.9 Å². The van der Waals surface area contributed by atoms with Crippen LogP contribution in [0.2, 0.25) is 0 Å².